The summed E-state index contributed by atoms with van der Waals surface area (Å²) < 4.78 is 13.9. The molecule has 0 fully saturated rings. The van der Waals surface area contributed by atoms with E-state index in [-0.39, 0.29) is 11.7 Å². The van der Waals surface area contributed by atoms with E-state index in [9.17, 15) is 9.18 Å². The van der Waals surface area contributed by atoms with Crippen LogP contribution in [0.2, 0.25) is 0 Å². The molecule has 0 bridgehead atoms. The minimum Gasteiger partial charge on any atom is -0.303 e. The lowest BCUT2D eigenvalue weighted by Gasteiger charge is -2.12. The number of hydrogen-bond donors (Lipinski definition) is 0. The zero-order valence-electron chi connectivity index (χ0n) is 8.18. The van der Waals surface area contributed by atoms with Gasteiger partial charge in [0.15, 0.2) is 0 Å². The number of carbonyl (C=O) groups is 1. The maximum atomic E-state index is 13.5. The van der Waals surface area contributed by atoms with Crippen molar-refractivity contribution < 1.29 is 9.18 Å². The van der Waals surface area contributed by atoms with Crippen LogP contribution in [-0.4, -0.2) is 6.29 Å². The monoisotopic (exact) mass is 258 g/mol. The lowest BCUT2D eigenvalue weighted by atomic mass is 9.97. The van der Waals surface area contributed by atoms with Crippen molar-refractivity contribution >= 4 is 22.2 Å². The van der Waals surface area contributed by atoms with E-state index in [0.29, 0.717) is 16.5 Å². The van der Waals surface area contributed by atoms with E-state index in [0.717, 1.165) is 11.8 Å². The molecule has 1 aromatic carbocycles. The molecule has 0 amide bonds. The van der Waals surface area contributed by atoms with Crippen LogP contribution in [0.15, 0.2) is 16.6 Å². The summed E-state index contributed by atoms with van der Waals surface area (Å²) in [5.74, 6) is -0.183. The van der Waals surface area contributed by atoms with Gasteiger partial charge < -0.3 is 4.79 Å². The molecule has 0 saturated carbocycles. The van der Waals surface area contributed by atoms with E-state index in [1.165, 1.54) is 0 Å². The van der Waals surface area contributed by atoms with E-state index in [2.05, 4.69) is 15.9 Å². The van der Waals surface area contributed by atoms with Crippen LogP contribution in [0, 0.1) is 12.7 Å². The molecule has 1 aromatic rings. The Labute approximate surface area is 91.5 Å². The first kappa shape index (κ1) is 11.4. The quantitative estimate of drug-likeness (QED) is 0.758. The highest BCUT2D eigenvalue weighted by atomic mass is 79.9. The second kappa shape index (κ2) is 4.69. The van der Waals surface area contributed by atoms with Crippen molar-refractivity contribution in [2.75, 3.05) is 0 Å². The van der Waals surface area contributed by atoms with Crippen LogP contribution < -0.4 is 0 Å². The van der Waals surface area contributed by atoms with E-state index in [1.54, 1.807) is 13.0 Å². The van der Waals surface area contributed by atoms with Crippen LogP contribution in [0.1, 0.15) is 30.4 Å². The van der Waals surface area contributed by atoms with E-state index in [1.807, 2.05) is 13.0 Å². The summed E-state index contributed by atoms with van der Waals surface area (Å²) in [6.07, 6.45) is 1.27. The Hall–Kier alpha value is -0.700. The molecule has 0 aliphatic rings. The van der Waals surface area contributed by atoms with Crippen LogP contribution in [0.5, 0.6) is 0 Å². The summed E-state index contributed by atoms with van der Waals surface area (Å²) in [5, 5.41) is 0. The standard InChI is InChI=1S/C11H12BrFO/c1-7(5-6-14)9-4-3-8(2)11(13)10(9)12/h3-4,6-7H,5H2,1-2H3. The summed E-state index contributed by atoms with van der Waals surface area (Å²) >= 11 is 3.21. The van der Waals surface area contributed by atoms with Gasteiger partial charge in [-0.15, -0.1) is 0 Å². The number of rotatable bonds is 3. The van der Waals surface area contributed by atoms with Crippen LogP contribution in [0.3, 0.4) is 0 Å². The van der Waals surface area contributed by atoms with Crippen LogP contribution in [0.4, 0.5) is 4.39 Å². The smallest absolute Gasteiger partial charge is 0.140 e. The second-order valence-electron chi connectivity index (χ2n) is 3.40. The van der Waals surface area contributed by atoms with Gasteiger partial charge in [-0.2, -0.15) is 0 Å². The fourth-order valence-electron chi connectivity index (χ4n) is 1.31. The number of hydrogen-bond acceptors (Lipinski definition) is 1. The Balaban J connectivity index is 3.10. The molecule has 0 saturated heterocycles. The number of benzene rings is 1. The first-order valence-corrected chi connectivity index (χ1v) is 5.25. The Morgan fingerprint density at radius 2 is 2.21 bits per heavy atom. The molecule has 1 rings (SSSR count). The van der Waals surface area contributed by atoms with E-state index in [4.69, 9.17) is 0 Å². The van der Waals surface area contributed by atoms with Gasteiger partial charge in [-0.25, -0.2) is 4.39 Å². The molecule has 0 radical (unpaired) electrons. The third kappa shape index (κ3) is 2.21. The van der Waals surface area contributed by atoms with Gasteiger partial charge in [0.2, 0.25) is 0 Å². The maximum Gasteiger partial charge on any atom is 0.140 e. The summed E-state index contributed by atoms with van der Waals surface area (Å²) in [4.78, 5) is 10.3. The molecular weight excluding hydrogens is 247 g/mol. The highest BCUT2D eigenvalue weighted by Gasteiger charge is 2.13. The second-order valence-corrected chi connectivity index (χ2v) is 4.20. The number of halogens is 2. The van der Waals surface area contributed by atoms with Gasteiger partial charge in [-0.3, -0.25) is 0 Å². The summed E-state index contributed by atoms with van der Waals surface area (Å²) in [6, 6.07) is 3.59. The van der Waals surface area contributed by atoms with Crippen LogP contribution in [0.25, 0.3) is 0 Å². The molecule has 0 N–H and O–H groups in total. The predicted octanol–water partition coefficient (Wildman–Crippen LogP) is 3.59. The largest absolute Gasteiger partial charge is 0.303 e. The molecular formula is C11H12BrFO. The SMILES string of the molecule is Cc1ccc(C(C)CC=O)c(Br)c1F. The van der Waals surface area contributed by atoms with E-state index >= 15 is 0 Å². The zero-order chi connectivity index (χ0) is 10.7. The molecule has 76 valence electrons. The Morgan fingerprint density at radius 1 is 1.57 bits per heavy atom. The molecule has 0 heterocycles. The predicted molar refractivity (Wildman–Crippen MR) is 57.9 cm³/mol. The maximum absolute atomic E-state index is 13.5. The first-order chi connectivity index (χ1) is 6.57. The van der Waals surface area contributed by atoms with Crippen LogP contribution in [-0.2, 0) is 4.79 Å². The average Bonchev–Trinajstić information content (AvgIpc) is 2.15. The minimum atomic E-state index is -0.236. The van der Waals surface area contributed by atoms with Gasteiger partial charge in [0, 0.05) is 6.42 Å². The highest BCUT2D eigenvalue weighted by molar-refractivity contribution is 9.10. The molecule has 14 heavy (non-hydrogen) atoms. The lowest BCUT2D eigenvalue weighted by molar-refractivity contribution is -0.108. The topological polar surface area (TPSA) is 17.1 Å². The molecule has 3 heteroatoms. The first-order valence-electron chi connectivity index (χ1n) is 4.46. The van der Waals surface area contributed by atoms with Gasteiger partial charge in [0.25, 0.3) is 0 Å². The normalized spacial score (nSPS) is 12.6. The molecule has 0 aliphatic heterocycles. The van der Waals surface area contributed by atoms with Crippen molar-refractivity contribution in [2.45, 2.75) is 26.2 Å². The average molecular weight is 259 g/mol. The van der Waals surface area contributed by atoms with Crippen molar-refractivity contribution in [3.63, 3.8) is 0 Å². The molecule has 0 aromatic heterocycles. The zero-order valence-corrected chi connectivity index (χ0v) is 9.77. The fraction of sp³-hybridized carbons (Fsp3) is 0.364. The third-order valence-corrected chi connectivity index (χ3v) is 3.09. The van der Waals surface area contributed by atoms with Gasteiger partial charge in [0.05, 0.1) is 4.47 Å². The van der Waals surface area contributed by atoms with Gasteiger partial charge >= 0.3 is 0 Å². The highest BCUT2D eigenvalue weighted by Crippen LogP contribution is 2.30. The Morgan fingerprint density at radius 3 is 2.79 bits per heavy atom. The number of carbonyl (C=O) groups excluding carboxylic acids is 1. The Kier molecular flexibility index (Phi) is 3.81. The van der Waals surface area contributed by atoms with Crippen molar-refractivity contribution in [2.24, 2.45) is 0 Å². The van der Waals surface area contributed by atoms with Gasteiger partial charge in [-0.1, -0.05) is 19.1 Å². The molecule has 0 aliphatic carbocycles. The van der Waals surface area contributed by atoms with Crippen LogP contribution >= 0.6 is 15.9 Å². The van der Waals surface area contributed by atoms with Gasteiger partial charge in [0.1, 0.15) is 12.1 Å². The lowest BCUT2D eigenvalue weighted by Crippen LogP contribution is -1.98. The summed E-state index contributed by atoms with van der Waals surface area (Å²) in [5.41, 5.74) is 1.46. The molecule has 1 unspecified atom stereocenters. The molecule has 0 spiro atoms. The minimum absolute atomic E-state index is 0.0528. The van der Waals surface area contributed by atoms with Crippen molar-refractivity contribution in [1.82, 2.24) is 0 Å². The number of aldehydes is 1. The van der Waals surface area contributed by atoms with Crippen molar-refractivity contribution in [3.05, 3.63) is 33.5 Å². The third-order valence-electron chi connectivity index (χ3n) is 2.29. The van der Waals surface area contributed by atoms with Crippen molar-refractivity contribution in [1.29, 1.82) is 0 Å². The Bertz CT molecular complexity index is 349. The van der Waals surface area contributed by atoms with Gasteiger partial charge in [-0.05, 0) is 39.9 Å². The molecule has 1 nitrogen and oxygen atoms in total. The van der Waals surface area contributed by atoms with E-state index < -0.39 is 0 Å². The fourth-order valence-corrected chi connectivity index (χ4v) is 2.15. The number of aryl methyl sites for hydroxylation is 1. The summed E-state index contributed by atoms with van der Waals surface area (Å²) in [7, 11) is 0. The molecule has 1 atom stereocenters. The summed E-state index contributed by atoms with van der Waals surface area (Å²) in [6.45, 7) is 3.62. The van der Waals surface area contributed by atoms with Crippen molar-refractivity contribution in [3.8, 4) is 0 Å².